The zero-order valence-electron chi connectivity index (χ0n) is 10.9. The molecular weight excluding hydrogens is 270 g/mol. The zero-order valence-corrected chi connectivity index (χ0v) is 10.9. The summed E-state index contributed by atoms with van der Waals surface area (Å²) in [5.74, 6) is -0.732. The van der Waals surface area contributed by atoms with Gasteiger partial charge in [0.25, 0.3) is 0 Å². The molecule has 0 amide bonds. The molecule has 0 saturated carbocycles. The van der Waals surface area contributed by atoms with Crippen LogP contribution in [-0.4, -0.2) is 19.2 Å². The maximum atomic E-state index is 12.2. The molecule has 0 bridgehead atoms. The summed E-state index contributed by atoms with van der Waals surface area (Å²) in [6.45, 7) is -1.21. The number of rotatable bonds is 6. The maximum Gasteiger partial charge on any atom is 0.387 e. The molecule has 0 aromatic heterocycles. The first-order valence-corrected chi connectivity index (χ1v) is 5.88. The Morgan fingerprint density at radius 2 is 2.20 bits per heavy atom. The second-order valence-corrected chi connectivity index (χ2v) is 3.75. The van der Waals surface area contributed by atoms with Crippen molar-refractivity contribution in [3.8, 4) is 11.8 Å². The lowest BCUT2D eigenvalue weighted by atomic mass is 9.98. The molecule has 20 heavy (non-hydrogen) atoms. The van der Waals surface area contributed by atoms with Gasteiger partial charge in [0.15, 0.2) is 0 Å². The highest BCUT2D eigenvalue weighted by molar-refractivity contribution is 5.74. The SMILES string of the molecule is CCOC(=O)Cc1ccc(OC(F)F)c(C#N)c1CN. The largest absolute Gasteiger partial charge is 0.466 e. The molecule has 1 rings (SSSR count). The third-order valence-electron chi connectivity index (χ3n) is 2.54. The molecule has 0 spiro atoms. The van der Waals surface area contributed by atoms with E-state index in [9.17, 15) is 13.6 Å². The summed E-state index contributed by atoms with van der Waals surface area (Å²) in [6.07, 6.45) is -0.0794. The molecule has 1 aromatic rings. The van der Waals surface area contributed by atoms with Gasteiger partial charge in [-0.1, -0.05) is 6.07 Å². The molecule has 0 atom stereocenters. The van der Waals surface area contributed by atoms with Gasteiger partial charge in [-0.3, -0.25) is 4.79 Å². The number of nitriles is 1. The first-order valence-electron chi connectivity index (χ1n) is 5.88. The van der Waals surface area contributed by atoms with Crippen LogP contribution in [0.25, 0.3) is 0 Å². The third kappa shape index (κ3) is 3.90. The van der Waals surface area contributed by atoms with Crippen LogP contribution in [0.5, 0.6) is 5.75 Å². The van der Waals surface area contributed by atoms with Crippen LogP contribution in [0.4, 0.5) is 8.78 Å². The summed E-state index contributed by atoms with van der Waals surface area (Å²) in [4.78, 5) is 11.4. The molecule has 0 saturated heterocycles. The van der Waals surface area contributed by atoms with Crippen molar-refractivity contribution in [2.45, 2.75) is 26.5 Å². The maximum absolute atomic E-state index is 12.2. The minimum atomic E-state index is -3.04. The van der Waals surface area contributed by atoms with Gasteiger partial charge < -0.3 is 15.2 Å². The van der Waals surface area contributed by atoms with E-state index in [1.807, 2.05) is 0 Å². The Labute approximate surface area is 114 Å². The fraction of sp³-hybridized carbons (Fsp3) is 0.385. The number of nitrogens with zero attached hydrogens (tertiary/aromatic N) is 1. The van der Waals surface area contributed by atoms with Crippen LogP contribution >= 0.6 is 0 Å². The quantitative estimate of drug-likeness (QED) is 0.804. The minimum Gasteiger partial charge on any atom is -0.466 e. The van der Waals surface area contributed by atoms with E-state index in [4.69, 9.17) is 15.7 Å². The highest BCUT2D eigenvalue weighted by Crippen LogP contribution is 2.26. The number of alkyl halides is 2. The van der Waals surface area contributed by atoms with Crippen LogP contribution in [0.1, 0.15) is 23.6 Å². The lowest BCUT2D eigenvalue weighted by molar-refractivity contribution is -0.142. The van der Waals surface area contributed by atoms with Crippen molar-refractivity contribution in [3.05, 3.63) is 28.8 Å². The smallest absolute Gasteiger partial charge is 0.387 e. The number of benzene rings is 1. The predicted molar refractivity (Wildman–Crippen MR) is 66.0 cm³/mol. The molecule has 108 valence electrons. The van der Waals surface area contributed by atoms with E-state index in [1.165, 1.54) is 12.1 Å². The van der Waals surface area contributed by atoms with Crippen LogP contribution < -0.4 is 10.5 Å². The Hall–Kier alpha value is -2.20. The second kappa shape index (κ2) is 7.40. The lowest BCUT2D eigenvalue weighted by Crippen LogP contribution is -2.13. The van der Waals surface area contributed by atoms with Gasteiger partial charge in [0.1, 0.15) is 11.8 Å². The van der Waals surface area contributed by atoms with Crippen LogP contribution in [0.3, 0.4) is 0 Å². The Morgan fingerprint density at radius 3 is 2.70 bits per heavy atom. The summed E-state index contributed by atoms with van der Waals surface area (Å²) < 4.78 is 33.6. The molecule has 0 unspecified atom stereocenters. The van der Waals surface area contributed by atoms with Gasteiger partial charge >= 0.3 is 12.6 Å². The average molecular weight is 284 g/mol. The highest BCUT2D eigenvalue weighted by atomic mass is 19.3. The molecule has 0 radical (unpaired) electrons. The first kappa shape index (κ1) is 15.9. The number of esters is 1. The third-order valence-corrected chi connectivity index (χ3v) is 2.54. The summed E-state index contributed by atoms with van der Waals surface area (Å²) in [5, 5.41) is 9.06. The molecule has 0 aliphatic carbocycles. The Morgan fingerprint density at radius 1 is 1.50 bits per heavy atom. The fourth-order valence-corrected chi connectivity index (χ4v) is 1.75. The van der Waals surface area contributed by atoms with Gasteiger partial charge in [-0.15, -0.1) is 0 Å². The number of carbonyl (C=O) groups is 1. The van der Waals surface area contributed by atoms with Crippen molar-refractivity contribution in [1.29, 1.82) is 5.26 Å². The zero-order chi connectivity index (χ0) is 15.1. The lowest BCUT2D eigenvalue weighted by Gasteiger charge is -2.13. The van der Waals surface area contributed by atoms with Crippen LogP contribution in [0.2, 0.25) is 0 Å². The van der Waals surface area contributed by atoms with E-state index in [0.717, 1.165) is 0 Å². The van der Waals surface area contributed by atoms with Gasteiger partial charge in [-0.25, -0.2) is 0 Å². The molecule has 7 heteroatoms. The van der Waals surface area contributed by atoms with E-state index in [2.05, 4.69) is 4.74 Å². The van der Waals surface area contributed by atoms with Gasteiger partial charge in [0.2, 0.25) is 0 Å². The van der Waals surface area contributed by atoms with E-state index in [1.54, 1.807) is 13.0 Å². The van der Waals surface area contributed by atoms with Crippen molar-refractivity contribution in [3.63, 3.8) is 0 Å². The minimum absolute atomic E-state index is 0.0714. The van der Waals surface area contributed by atoms with Crippen LogP contribution in [-0.2, 0) is 22.5 Å². The van der Waals surface area contributed by atoms with Gasteiger partial charge in [0, 0.05) is 6.54 Å². The highest BCUT2D eigenvalue weighted by Gasteiger charge is 2.18. The van der Waals surface area contributed by atoms with Crippen LogP contribution in [0, 0.1) is 11.3 Å². The number of hydrogen-bond donors (Lipinski definition) is 1. The Bertz CT molecular complexity index is 527. The van der Waals surface area contributed by atoms with E-state index in [0.29, 0.717) is 11.1 Å². The number of nitrogens with two attached hydrogens (primary N) is 1. The van der Waals surface area contributed by atoms with Crippen LogP contribution in [0.15, 0.2) is 12.1 Å². The van der Waals surface area contributed by atoms with Crippen molar-refractivity contribution in [2.75, 3.05) is 6.61 Å². The molecule has 5 nitrogen and oxygen atoms in total. The summed E-state index contributed by atoms with van der Waals surface area (Å²) in [7, 11) is 0. The van der Waals surface area contributed by atoms with E-state index >= 15 is 0 Å². The van der Waals surface area contributed by atoms with Crippen molar-refractivity contribution in [1.82, 2.24) is 0 Å². The van der Waals surface area contributed by atoms with Gasteiger partial charge in [0.05, 0.1) is 18.6 Å². The molecule has 0 heterocycles. The molecule has 0 aliphatic rings. The fourth-order valence-electron chi connectivity index (χ4n) is 1.75. The Balaban J connectivity index is 3.15. The standard InChI is InChI=1S/C13H14F2N2O3/c1-2-19-12(18)5-8-3-4-11(20-13(14)15)10(7-17)9(8)6-16/h3-4,13H,2,5-6,16H2,1H3. The van der Waals surface area contributed by atoms with Crippen molar-refractivity contribution >= 4 is 5.97 Å². The van der Waals surface area contributed by atoms with Gasteiger partial charge in [-0.05, 0) is 24.1 Å². The molecular formula is C13H14F2N2O3. The molecule has 0 fully saturated rings. The Kier molecular flexibility index (Phi) is 5.87. The van der Waals surface area contributed by atoms with E-state index in [-0.39, 0.29) is 30.9 Å². The summed E-state index contributed by atoms with van der Waals surface area (Å²) >= 11 is 0. The molecule has 2 N–H and O–H groups in total. The molecule has 0 aliphatic heterocycles. The normalized spacial score (nSPS) is 10.2. The summed E-state index contributed by atoms with van der Waals surface area (Å²) in [5.41, 5.74) is 6.21. The predicted octanol–water partition coefficient (Wildman–Crippen LogP) is 1.72. The number of halogens is 2. The molecule has 1 aromatic carbocycles. The summed E-state index contributed by atoms with van der Waals surface area (Å²) in [6, 6.07) is 4.42. The number of carbonyl (C=O) groups excluding carboxylic acids is 1. The second-order valence-electron chi connectivity index (χ2n) is 3.75. The van der Waals surface area contributed by atoms with Crippen molar-refractivity contribution < 1.29 is 23.0 Å². The number of hydrogen-bond acceptors (Lipinski definition) is 5. The first-order chi connectivity index (χ1) is 9.53. The topological polar surface area (TPSA) is 85.3 Å². The van der Waals surface area contributed by atoms with E-state index < -0.39 is 12.6 Å². The number of ether oxygens (including phenoxy) is 2. The van der Waals surface area contributed by atoms with Crippen molar-refractivity contribution in [2.24, 2.45) is 5.73 Å². The average Bonchev–Trinajstić information content (AvgIpc) is 2.39. The van der Waals surface area contributed by atoms with Gasteiger partial charge in [-0.2, -0.15) is 14.0 Å². The monoisotopic (exact) mass is 284 g/mol.